The highest BCUT2D eigenvalue weighted by atomic mass is 32.1. The van der Waals surface area contributed by atoms with Crippen molar-refractivity contribution in [2.75, 3.05) is 10.6 Å². The summed E-state index contributed by atoms with van der Waals surface area (Å²) in [5.41, 5.74) is 0.969. The third-order valence-corrected chi connectivity index (χ3v) is 4.87. The number of rotatable bonds is 6. The van der Waals surface area contributed by atoms with Gasteiger partial charge >= 0.3 is 11.7 Å². The summed E-state index contributed by atoms with van der Waals surface area (Å²) >= 11 is 1.35. The molecule has 10 nitrogen and oxygen atoms in total. The van der Waals surface area contributed by atoms with E-state index in [9.17, 15) is 14.9 Å². The molecule has 0 spiro atoms. The Morgan fingerprint density at radius 3 is 2.38 bits per heavy atom. The Hall–Kier alpha value is -4.12. The van der Waals surface area contributed by atoms with E-state index in [1.54, 1.807) is 0 Å². The van der Waals surface area contributed by atoms with Crippen molar-refractivity contribution in [1.29, 1.82) is 0 Å². The first-order chi connectivity index (χ1) is 14.0. The van der Waals surface area contributed by atoms with Gasteiger partial charge in [0.1, 0.15) is 6.33 Å². The minimum absolute atomic E-state index is 0.00582. The highest BCUT2D eigenvalue weighted by molar-refractivity contribution is 7.22. The van der Waals surface area contributed by atoms with Crippen LogP contribution in [0.5, 0.6) is 0 Å². The third-order valence-electron chi connectivity index (χ3n) is 3.92. The van der Waals surface area contributed by atoms with E-state index in [0.29, 0.717) is 10.8 Å². The zero-order valence-electron chi connectivity index (χ0n) is 14.6. The number of anilines is 4. The number of benzene rings is 2. The third kappa shape index (κ3) is 3.80. The molecule has 0 aliphatic heterocycles. The average molecular weight is 408 g/mol. The molecule has 4 rings (SSSR count). The van der Waals surface area contributed by atoms with Gasteiger partial charge in [-0.2, -0.15) is 0 Å². The van der Waals surface area contributed by atoms with Crippen LogP contribution in [0, 0.1) is 10.1 Å². The number of carboxylic acids is 1. The number of hydrogen-bond acceptors (Lipinski definition) is 9. The quantitative estimate of drug-likeness (QED) is 0.316. The van der Waals surface area contributed by atoms with Gasteiger partial charge in [-0.25, -0.2) is 19.7 Å². The summed E-state index contributed by atoms with van der Waals surface area (Å²) in [5, 5.41) is 26.8. The Bertz CT molecular complexity index is 1190. The van der Waals surface area contributed by atoms with Gasteiger partial charge in [0.05, 0.1) is 20.7 Å². The van der Waals surface area contributed by atoms with Gasteiger partial charge in [0.2, 0.25) is 11.6 Å². The molecular weight excluding hydrogens is 396 g/mol. The van der Waals surface area contributed by atoms with Crippen LogP contribution in [-0.4, -0.2) is 31.0 Å². The summed E-state index contributed by atoms with van der Waals surface area (Å²) in [6.07, 6.45) is 1.19. The number of fused-ring (bicyclic) bond motifs is 1. The second-order valence-electron chi connectivity index (χ2n) is 5.80. The fourth-order valence-electron chi connectivity index (χ4n) is 2.59. The van der Waals surface area contributed by atoms with Gasteiger partial charge < -0.3 is 15.7 Å². The zero-order chi connectivity index (χ0) is 20.4. The summed E-state index contributed by atoms with van der Waals surface area (Å²) in [6, 6.07) is 13.3. The van der Waals surface area contributed by atoms with Crippen LogP contribution in [0.2, 0.25) is 0 Å². The van der Waals surface area contributed by atoms with Gasteiger partial charge in [0.25, 0.3) is 0 Å². The van der Waals surface area contributed by atoms with Crippen molar-refractivity contribution in [2.45, 2.75) is 0 Å². The summed E-state index contributed by atoms with van der Waals surface area (Å²) in [5.74, 6) is -1.10. The van der Waals surface area contributed by atoms with Crippen molar-refractivity contribution in [3.8, 4) is 0 Å². The first-order valence-electron chi connectivity index (χ1n) is 8.23. The molecule has 11 heteroatoms. The largest absolute Gasteiger partial charge is 0.478 e. The maximum atomic E-state index is 11.7. The van der Waals surface area contributed by atoms with E-state index in [2.05, 4.69) is 25.6 Å². The second-order valence-corrected chi connectivity index (χ2v) is 6.83. The zero-order valence-corrected chi connectivity index (χ0v) is 15.4. The molecule has 3 N–H and O–H groups in total. The Balaban J connectivity index is 1.66. The molecule has 0 unspecified atom stereocenters. The SMILES string of the molecule is O=C(O)c1ccc(Nc2ncnc(Nc3nc4ccccc4s3)c2[N+](=O)[O-])cc1. The van der Waals surface area contributed by atoms with Crippen LogP contribution in [0.4, 0.5) is 28.1 Å². The molecule has 29 heavy (non-hydrogen) atoms. The first-order valence-corrected chi connectivity index (χ1v) is 9.05. The van der Waals surface area contributed by atoms with Crippen LogP contribution in [0.1, 0.15) is 10.4 Å². The molecule has 0 atom stereocenters. The van der Waals surface area contributed by atoms with E-state index in [1.165, 1.54) is 41.9 Å². The van der Waals surface area contributed by atoms with Crippen LogP contribution >= 0.6 is 11.3 Å². The van der Waals surface area contributed by atoms with Crippen molar-refractivity contribution in [3.05, 3.63) is 70.5 Å². The van der Waals surface area contributed by atoms with Gasteiger partial charge in [-0.1, -0.05) is 23.5 Å². The lowest BCUT2D eigenvalue weighted by Crippen LogP contribution is -2.05. The van der Waals surface area contributed by atoms with Gasteiger partial charge in [-0.3, -0.25) is 10.1 Å². The van der Waals surface area contributed by atoms with Gasteiger partial charge in [-0.15, -0.1) is 0 Å². The molecule has 0 radical (unpaired) electrons. The van der Waals surface area contributed by atoms with Gasteiger partial charge in [0, 0.05) is 5.69 Å². The number of aromatic carboxylic acids is 1. The number of para-hydroxylation sites is 1. The van der Waals surface area contributed by atoms with Crippen molar-refractivity contribution in [2.24, 2.45) is 0 Å². The number of carbonyl (C=O) groups is 1. The lowest BCUT2D eigenvalue weighted by Gasteiger charge is -2.09. The van der Waals surface area contributed by atoms with Crippen LogP contribution in [-0.2, 0) is 0 Å². The molecule has 0 aliphatic rings. The van der Waals surface area contributed by atoms with Crippen molar-refractivity contribution < 1.29 is 14.8 Å². The first kappa shape index (κ1) is 18.3. The van der Waals surface area contributed by atoms with Crippen molar-refractivity contribution >= 4 is 55.7 Å². The number of nitro groups is 1. The molecule has 0 amide bonds. The topological polar surface area (TPSA) is 143 Å². The molecule has 2 aromatic carbocycles. The predicted molar refractivity (Wildman–Crippen MR) is 108 cm³/mol. The molecule has 0 bridgehead atoms. The standard InChI is InChI=1S/C18H12N6O4S/c25-17(26)10-5-7-11(8-6-10)21-15-14(24(27)28)16(20-9-19-15)23-18-22-12-3-1-2-4-13(12)29-18/h1-9H,(H,25,26)(H2,19,20,21,22,23). The second kappa shape index (κ2) is 7.48. The molecule has 144 valence electrons. The lowest BCUT2D eigenvalue weighted by molar-refractivity contribution is -0.383. The van der Waals surface area contributed by atoms with Crippen LogP contribution in [0.25, 0.3) is 10.2 Å². The fourth-order valence-corrected chi connectivity index (χ4v) is 3.46. The minimum Gasteiger partial charge on any atom is -0.478 e. The normalized spacial score (nSPS) is 10.6. The number of carboxylic acid groups (broad SMARTS) is 1. The molecule has 4 aromatic rings. The lowest BCUT2D eigenvalue weighted by atomic mass is 10.2. The number of aromatic nitrogens is 3. The molecule has 2 aromatic heterocycles. The average Bonchev–Trinajstić information content (AvgIpc) is 3.10. The molecule has 0 saturated carbocycles. The van der Waals surface area contributed by atoms with E-state index in [1.807, 2.05) is 24.3 Å². The Labute approximate surface area is 167 Å². The van der Waals surface area contributed by atoms with Gasteiger partial charge in [-0.05, 0) is 36.4 Å². The van der Waals surface area contributed by atoms with Crippen LogP contribution < -0.4 is 10.6 Å². The number of nitrogens with zero attached hydrogens (tertiary/aromatic N) is 4. The van der Waals surface area contributed by atoms with Crippen molar-refractivity contribution in [3.63, 3.8) is 0 Å². The summed E-state index contributed by atoms with van der Waals surface area (Å²) in [7, 11) is 0. The minimum atomic E-state index is -1.06. The molecular formula is C18H12N6O4S. The summed E-state index contributed by atoms with van der Waals surface area (Å²) < 4.78 is 0.934. The highest BCUT2D eigenvalue weighted by Crippen LogP contribution is 2.35. The van der Waals surface area contributed by atoms with Crippen molar-refractivity contribution in [1.82, 2.24) is 15.0 Å². The monoisotopic (exact) mass is 408 g/mol. The van der Waals surface area contributed by atoms with E-state index < -0.39 is 10.9 Å². The molecule has 0 saturated heterocycles. The van der Waals surface area contributed by atoms with E-state index >= 15 is 0 Å². The summed E-state index contributed by atoms with van der Waals surface area (Å²) in [4.78, 5) is 34.4. The Kier molecular flexibility index (Phi) is 4.71. The maximum absolute atomic E-state index is 11.7. The Morgan fingerprint density at radius 1 is 1.03 bits per heavy atom. The van der Waals surface area contributed by atoms with Gasteiger partial charge in [0.15, 0.2) is 5.13 Å². The van der Waals surface area contributed by atoms with E-state index in [-0.39, 0.29) is 22.9 Å². The number of thiazole rings is 1. The maximum Gasteiger partial charge on any atom is 0.353 e. The highest BCUT2D eigenvalue weighted by Gasteiger charge is 2.24. The molecule has 0 aliphatic carbocycles. The Morgan fingerprint density at radius 2 is 1.72 bits per heavy atom. The van der Waals surface area contributed by atoms with Crippen LogP contribution in [0.15, 0.2) is 54.9 Å². The molecule has 0 fully saturated rings. The van der Waals surface area contributed by atoms with Crippen LogP contribution in [0.3, 0.4) is 0 Å². The predicted octanol–water partition coefficient (Wildman–Crippen LogP) is 4.18. The van der Waals surface area contributed by atoms with E-state index in [0.717, 1.165) is 10.2 Å². The summed E-state index contributed by atoms with van der Waals surface area (Å²) in [6.45, 7) is 0. The smallest absolute Gasteiger partial charge is 0.353 e. The fraction of sp³-hybridized carbons (Fsp3) is 0. The van der Waals surface area contributed by atoms with E-state index in [4.69, 9.17) is 5.11 Å². The number of hydrogen-bond donors (Lipinski definition) is 3. The molecule has 2 heterocycles. The number of nitrogens with one attached hydrogen (secondary N) is 2.